The molecule has 0 nitrogen and oxygen atoms in total. The summed E-state index contributed by atoms with van der Waals surface area (Å²) in [7, 11) is 0. The fourth-order valence-corrected chi connectivity index (χ4v) is 8.93. The van der Waals surface area contributed by atoms with Gasteiger partial charge in [-0.3, -0.25) is 0 Å². The summed E-state index contributed by atoms with van der Waals surface area (Å²) in [5.41, 5.74) is -3.49. The monoisotopic (exact) mass is 774 g/mol. The van der Waals surface area contributed by atoms with Crippen molar-refractivity contribution in [2.45, 2.75) is 0 Å². The van der Waals surface area contributed by atoms with E-state index in [0.717, 1.165) is 53.9 Å². The minimum atomic E-state index is -0.891. The van der Waals surface area contributed by atoms with Crippen molar-refractivity contribution in [2.75, 3.05) is 0 Å². The van der Waals surface area contributed by atoms with Gasteiger partial charge in [0.25, 0.3) is 0 Å². The lowest BCUT2D eigenvalue weighted by Gasteiger charge is -2.16. The molecule has 13 rings (SSSR count). The molecular formula is C60H36. The molecule has 0 aliphatic carbocycles. The van der Waals surface area contributed by atoms with Crippen LogP contribution in [0.2, 0.25) is 0 Å². The van der Waals surface area contributed by atoms with E-state index >= 15 is 0 Å². The molecule has 0 saturated carbocycles. The van der Waals surface area contributed by atoms with Crippen molar-refractivity contribution in [2.24, 2.45) is 0 Å². The third-order valence-corrected chi connectivity index (χ3v) is 11.7. The molecule has 0 N–H and O–H groups in total. The van der Waals surface area contributed by atoms with Crippen LogP contribution < -0.4 is 0 Å². The highest BCUT2D eigenvalue weighted by molar-refractivity contribution is 6.26. The van der Waals surface area contributed by atoms with Crippen LogP contribution in [0.25, 0.3) is 131 Å². The van der Waals surface area contributed by atoms with Gasteiger partial charge >= 0.3 is 0 Å². The second-order valence-electron chi connectivity index (χ2n) is 14.9. The van der Waals surface area contributed by atoms with E-state index in [9.17, 15) is 16.4 Å². The minimum absolute atomic E-state index is 0.104. The second-order valence-corrected chi connectivity index (χ2v) is 14.9. The predicted octanol–water partition coefficient (Wildman–Crippen LogP) is 17.0. The molecule has 0 radical (unpaired) electrons. The summed E-state index contributed by atoms with van der Waals surface area (Å²) in [5.74, 6) is 0. The fourth-order valence-electron chi connectivity index (χ4n) is 8.93. The maximum atomic E-state index is 10.1. The van der Waals surface area contributed by atoms with Crippen molar-refractivity contribution < 1.29 is 24.7 Å². The first kappa shape index (κ1) is 20.3. The van der Waals surface area contributed by atoms with Crippen LogP contribution in [0.1, 0.15) is 24.7 Å². The standard InChI is InChI=1S/C60H36/c1-2-15-51-38(7-1)8-6-16-52(51)50-35-48(37-17-19-39(20-18-37)53-29-25-44-23-21-40-9-3-11-42-27-31-55(53)59(44)57(40)42)34-49(36-50)46-13-5-14-47(33-46)54-30-26-45-24-22-41-10-4-12-43-28-32-56(54)60(45)58(41)43/h1-36H/i1D,2D,5D,6D,7D,8D,13D,14D,15D,16D,17D,18D,19D,20D,33D,34D,35D,36D. The largest absolute Gasteiger partial charge is 0.0636 e. The molecule has 13 aromatic rings. The second kappa shape index (κ2) is 12.9. The van der Waals surface area contributed by atoms with E-state index in [-0.39, 0.29) is 11.1 Å². The minimum Gasteiger partial charge on any atom is -0.0616 e. The maximum Gasteiger partial charge on any atom is 0.0636 e. The van der Waals surface area contributed by atoms with Crippen LogP contribution in [0.4, 0.5) is 0 Å². The Morgan fingerprint density at radius 3 is 1.33 bits per heavy atom. The molecule has 0 fully saturated rings. The molecule has 0 atom stereocenters. The quantitative estimate of drug-likeness (QED) is 0.153. The topological polar surface area (TPSA) is 0 Å². The summed E-state index contributed by atoms with van der Waals surface area (Å²) in [6.07, 6.45) is 0. The Labute approximate surface area is 373 Å². The van der Waals surface area contributed by atoms with Gasteiger partial charge in [0, 0.05) is 0 Å². The number of hydrogen-bond acceptors (Lipinski definition) is 0. The average molecular weight is 775 g/mol. The average Bonchev–Trinajstić information content (AvgIpc) is 3.55. The molecule has 0 aliphatic heterocycles. The van der Waals surface area contributed by atoms with Gasteiger partial charge in [0.15, 0.2) is 0 Å². The van der Waals surface area contributed by atoms with E-state index in [2.05, 4.69) is 0 Å². The molecule has 0 amide bonds. The Morgan fingerprint density at radius 1 is 0.233 bits per heavy atom. The highest BCUT2D eigenvalue weighted by Crippen LogP contribution is 2.43. The summed E-state index contributed by atoms with van der Waals surface area (Å²) in [4.78, 5) is 0. The van der Waals surface area contributed by atoms with Gasteiger partial charge in [0.05, 0.1) is 24.7 Å². The van der Waals surface area contributed by atoms with Gasteiger partial charge in [-0.05, 0) is 155 Å². The first-order valence-corrected chi connectivity index (χ1v) is 19.5. The van der Waals surface area contributed by atoms with Crippen molar-refractivity contribution in [3.05, 3.63) is 218 Å². The van der Waals surface area contributed by atoms with Gasteiger partial charge < -0.3 is 0 Å². The van der Waals surface area contributed by atoms with Crippen LogP contribution in [-0.2, 0) is 0 Å². The van der Waals surface area contributed by atoms with Gasteiger partial charge in [-0.2, -0.15) is 0 Å². The van der Waals surface area contributed by atoms with Gasteiger partial charge in [0.1, 0.15) is 0 Å². The van der Waals surface area contributed by atoms with Crippen molar-refractivity contribution >= 4 is 75.4 Å². The fraction of sp³-hybridized carbons (Fsp3) is 0. The summed E-state index contributed by atoms with van der Waals surface area (Å²) >= 11 is 0. The third kappa shape index (κ3) is 5.04. The summed E-state index contributed by atoms with van der Waals surface area (Å²) < 4.78 is 170. The molecule has 0 bridgehead atoms. The lowest BCUT2D eigenvalue weighted by molar-refractivity contribution is 1.57. The summed E-state index contributed by atoms with van der Waals surface area (Å²) in [6, 6.07) is 20.6. The molecule has 13 aromatic carbocycles. The zero-order valence-corrected chi connectivity index (χ0v) is 31.4. The SMILES string of the molecule is [2H]c1c([2H])c(-c2c([2H])c(-c3c([2H])c([2H])c(-c4ccc5ccc6cccc7ccc4c5c67)c([2H])c3[2H])c([2H])c(-c3c([2H])c([2H])c([2H])c4c([2H])c([2H])c([2H])c([2H])c34)c2[2H])c([2H])c(-c2ccc3ccc4cccc5ccc2c3c45)c1[2H]. The van der Waals surface area contributed by atoms with Crippen LogP contribution >= 0.6 is 0 Å². The smallest absolute Gasteiger partial charge is 0.0616 e. The molecule has 0 unspecified atom stereocenters. The maximum absolute atomic E-state index is 10.1. The van der Waals surface area contributed by atoms with E-state index in [1.54, 1.807) is 12.1 Å². The van der Waals surface area contributed by atoms with E-state index in [1.165, 1.54) is 0 Å². The zero-order chi connectivity index (χ0) is 55.0. The Balaban J connectivity index is 1.16. The van der Waals surface area contributed by atoms with Gasteiger partial charge in [-0.1, -0.05) is 194 Å². The zero-order valence-electron chi connectivity index (χ0n) is 49.4. The van der Waals surface area contributed by atoms with Crippen molar-refractivity contribution in [3.8, 4) is 55.6 Å². The number of hydrogen-bond donors (Lipinski definition) is 0. The number of fused-ring (bicyclic) bond motifs is 1. The summed E-state index contributed by atoms with van der Waals surface area (Å²) in [5, 5.41) is 9.11. The molecule has 0 aromatic heterocycles. The first-order valence-electron chi connectivity index (χ1n) is 28.5. The van der Waals surface area contributed by atoms with Gasteiger partial charge in [-0.15, -0.1) is 0 Å². The Bertz CT molecular complexity index is 4820. The molecule has 0 saturated heterocycles. The Morgan fingerprint density at radius 2 is 0.683 bits per heavy atom. The highest BCUT2D eigenvalue weighted by Gasteiger charge is 2.16. The van der Waals surface area contributed by atoms with E-state index in [0.29, 0.717) is 21.9 Å². The van der Waals surface area contributed by atoms with Crippen LogP contribution in [0, 0.1) is 0 Å². The molecule has 276 valence electrons. The molecular weight excluding hydrogens is 721 g/mol. The predicted molar refractivity (Wildman–Crippen MR) is 259 cm³/mol. The van der Waals surface area contributed by atoms with Crippen LogP contribution in [0.5, 0.6) is 0 Å². The van der Waals surface area contributed by atoms with Crippen molar-refractivity contribution in [1.29, 1.82) is 0 Å². The van der Waals surface area contributed by atoms with Crippen LogP contribution in [0.15, 0.2) is 218 Å². The number of rotatable bonds is 5. The first-order chi connectivity index (χ1) is 37.3. The molecule has 0 spiro atoms. The summed E-state index contributed by atoms with van der Waals surface area (Å²) in [6.45, 7) is 0. The van der Waals surface area contributed by atoms with E-state index in [4.69, 9.17) is 8.22 Å². The van der Waals surface area contributed by atoms with Crippen LogP contribution in [0.3, 0.4) is 0 Å². The third-order valence-electron chi connectivity index (χ3n) is 11.7. The van der Waals surface area contributed by atoms with Crippen LogP contribution in [-0.4, -0.2) is 0 Å². The molecule has 0 aliphatic rings. The normalized spacial score (nSPS) is 16.2. The van der Waals surface area contributed by atoms with Gasteiger partial charge in [-0.25, -0.2) is 0 Å². The lowest BCUT2D eigenvalue weighted by Crippen LogP contribution is -1.90. The van der Waals surface area contributed by atoms with E-state index < -0.39 is 153 Å². The molecule has 60 heavy (non-hydrogen) atoms. The Kier molecular flexibility index (Phi) is 4.34. The molecule has 0 heterocycles. The lowest BCUT2D eigenvalue weighted by atomic mass is 9.88. The number of benzene rings is 13. The molecule has 0 heteroatoms. The Hall–Kier alpha value is -7.80. The van der Waals surface area contributed by atoms with Crippen molar-refractivity contribution in [3.63, 3.8) is 0 Å². The van der Waals surface area contributed by atoms with E-state index in [1.807, 2.05) is 97.1 Å². The van der Waals surface area contributed by atoms with Gasteiger partial charge in [0.2, 0.25) is 0 Å². The van der Waals surface area contributed by atoms with Crippen molar-refractivity contribution in [1.82, 2.24) is 0 Å². The highest BCUT2D eigenvalue weighted by atomic mass is 14.2.